The maximum atomic E-state index is 8.83. The van der Waals surface area contributed by atoms with E-state index in [0.29, 0.717) is 12.2 Å². The van der Waals surface area contributed by atoms with E-state index in [2.05, 4.69) is 16.4 Å². The van der Waals surface area contributed by atoms with E-state index in [1.54, 1.807) is 6.20 Å². The Balaban J connectivity index is 2.24. The molecule has 0 aliphatic heterocycles. The fraction of sp³-hybridized carbons (Fsp3) is 0.500. The summed E-state index contributed by atoms with van der Waals surface area (Å²) in [5.74, 6) is 0. The molecule has 1 aromatic heterocycles. The molecule has 0 aromatic carbocycles. The lowest BCUT2D eigenvalue weighted by Crippen LogP contribution is -2.17. The molecule has 16 heavy (non-hydrogen) atoms. The standard InChI is InChI=1S/C12H17N3O/c1-2-16-8-4-6-14-10-11-5-3-7-15-12(11)9-13/h3,5,7,14H,2,4,6,8,10H2,1H3. The fourth-order valence-electron chi connectivity index (χ4n) is 1.35. The van der Waals surface area contributed by atoms with Crippen molar-refractivity contribution >= 4 is 0 Å². The molecule has 0 spiro atoms. The lowest BCUT2D eigenvalue weighted by Gasteiger charge is -2.05. The highest BCUT2D eigenvalue weighted by molar-refractivity contribution is 5.30. The monoisotopic (exact) mass is 219 g/mol. The smallest absolute Gasteiger partial charge is 0.144 e. The van der Waals surface area contributed by atoms with Gasteiger partial charge in [-0.3, -0.25) is 0 Å². The molecule has 1 aromatic rings. The second-order valence-electron chi connectivity index (χ2n) is 3.35. The van der Waals surface area contributed by atoms with Crippen LogP contribution >= 0.6 is 0 Å². The molecule has 0 bridgehead atoms. The summed E-state index contributed by atoms with van der Waals surface area (Å²) in [6.45, 7) is 5.10. The van der Waals surface area contributed by atoms with E-state index < -0.39 is 0 Å². The molecule has 4 heteroatoms. The number of nitriles is 1. The summed E-state index contributed by atoms with van der Waals surface area (Å²) in [7, 11) is 0. The number of hydrogen-bond donors (Lipinski definition) is 1. The van der Waals surface area contributed by atoms with Crippen LogP contribution in [0.4, 0.5) is 0 Å². The highest BCUT2D eigenvalue weighted by Crippen LogP contribution is 2.02. The van der Waals surface area contributed by atoms with Crippen LogP contribution in [0.25, 0.3) is 0 Å². The molecular formula is C12H17N3O. The van der Waals surface area contributed by atoms with Crippen LogP contribution in [0.3, 0.4) is 0 Å². The maximum absolute atomic E-state index is 8.83. The average molecular weight is 219 g/mol. The molecule has 0 aliphatic carbocycles. The summed E-state index contributed by atoms with van der Waals surface area (Å²) < 4.78 is 5.23. The zero-order chi connectivity index (χ0) is 11.6. The van der Waals surface area contributed by atoms with Crippen molar-refractivity contribution in [1.29, 1.82) is 5.26 Å². The number of aromatic nitrogens is 1. The van der Waals surface area contributed by atoms with Gasteiger partial charge in [0.1, 0.15) is 11.8 Å². The quantitative estimate of drug-likeness (QED) is 0.705. The lowest BCUT2D eigenvalue weighted by molar-refractivity contribution is 0.144. The van der Waals surface area contributed by atoms with Crippen LogP contribution in [-0.4, -0.2) is 24.7 Å². The van der Waals surface area contributed by atoms with E-state index in [1.165, 1.54) is 0 Å². The normalized spacial score (nSPS) is 10.0. The molecule has 1 N–H and O–H groups in total. The number of ether oxygens (including phenoxy) is 1. The van der Waals surface area contributed by atoms with E-state index in [1.807, 2.05) is 19.1 Å². The summed E-state index contributed by atoms with van der Waals surface area (Å²) >= 11 is 0. The first-order valence-corrected chi connectivity index (χ1v) is 5.51. The van der Waals surface area contributed by atoms with Gasteiger partial charge < -0.3 is 10.1 Å². The zero-order valence-corrected chi connectivity index (χ0v) is 9.57. The van der Waals surface area contributed by atoms with Crippen LogP contribution in [0.15, 0.2) is 18.3 Å². The molecule has 0 radical (unpaired) electrons. The van der Waals surface area contributed by atoms with Gasteiger partial charge in [0, 0.05) is 31.5 Å². The Hall–Kier alpha value is -1.44. The summed E-state index contributed by atoms with van der Waals surface area (Å²) in [6.07, 6.45) is 2.62. The van der Waals surface area contributed by atoms with Crippen molar-refractivity contribution in [2.45, 2.75) is 19.9 Å². The van der Waals surface area contributed by atoms with Crippen molar-refractivity contribution < 1.29 is 4.74 Å². The summed E-state index contributed by atoms with van der Waals surface area (Å²) in [5.41, 5.74) is 1.45. The van der Waals surface area contributed by atoms with E-state index in [0.717, 1.165) is 31.7 Å². The summed E-state index contributed by atoms with van der Waals surface area (Å²) in [5, 5.41) is 12.1. The maximum Gasteiger partial charge on any atom is 0.144 e. The second-order valence-corrected chi connectivity index (χ2v) is 3.35. The molecule has 0 aliphatic rings. The zero-order valence-electron chi connectivity index (χ0n) is 9.57. The Kier molecular flexibility index (Phi) is 6.16. The number of hydrogen-bond acceptors (Lipinski definition) is 4. The third-order valence-electron chi connectivity index (χ3n) is 2.16. The van der Waals surface area contributed by atoms with Gasteiger partial charge in [0.25, 0.3) is 0 Å². The van der Waals surface area contributed by atoms with Crippen molar-refractivity contribution in [3.63, 3.8) is 0 Å². The predicted octanol–water partition coefficient (Wildman–Crippen LogP) is 1.47. The molecule has 1 rings (SSSR count). The van der Waals surface area contributed by atoms with Crippen molar-refractivity contribution in [3.8, 4) is 6.07 Å². The van der Waals surface area contributed by atoms with E-state index in [-0.39, 0.29) is 0 Å². The van der Waals surface area contributed by atoms with Crippen molar-refractivity contribution in [2.75, 3.05) is 19.8 Å². The number of nitrogens with zero attached hydrogens (tertiary/aromatic N) is 2. The van der Waals surface area contributed by atoms with E-state index in [9.17, 15) is 0 Å². The fourth-order valence-corrected chi connectivity index (χ4v) is 1.35. The van der Waals surface area contributed by atoms with Gasteiger partial charge in [0.05, 0.1) is 0 Å². The van der Waals surface area contributed by atoms with Crippen molar-refractivity contribution in [1.82, 2.24) is 10.3 Å². The molecule has 0 fully saturated rings. The van der Waals surface area contributed by atoms with Crippen LogP contribution in [0, 0.1) is 11.3 Å². The molecule has 1 heterocycles. The lowest BCUT2D eigenvalue weighted by atomic mass is 10.2. The van der Waals surface area contributed by atoms with Gasteiger partial charge in [0.2, 0.25) is 0 Å². The molecular weight excluding hydrogens is 202 g/mol. The van der Waals surface area contributed by atoms with Crippen LogP contribution in [-0.2, 0) is 11.3 Å². The van der Waals surface area contributed by atoms with Gasteiger partial charge in [0.15, 0.2) is 0 Å². The van der Waals surface area contributed by atoms with Gasteiger partial charge >= 0.3 is 0 Å². The second kappa shape index (κ2) is 7.80. The largest absolute Gasteiger partial charge is 0.382 e. The molecule has 86 valence electrons. The Morgan fingerprint density at radius 2 is 2.44 bits per heavy atom. The van der Waals surface area contributed by atoms with Gasteiger partial charge in [-0.15, -0.1) is 0 Å². The minimum absolute atomic E-state index is 0.500. The molecule has 0 amide bonds. The molecule has 0 saturated heterocycles. The van der Waals surface area contributed by atoms with Gasteiger partial charge in [-0.05, 0) is 26.0 Å². The first-order chi connectivity index (χ1) is 7.88. The third kappa shape index (κ3) is 4.39. The van der Waals surface area contributed by atoms with E-state index >= 15 is 0 Å². The minimum Gasteiger partial charge on any atom is -0.382 e. The Labute approximate surface area is 96.3 Å². The first kappa shape index (κ1) is 12.6. The Morgan fingerprint density at radius 1 is 1.56 bits per heavy atom. The summed E-state index contributed by atoms with van der Waals surface area (Å²) in [6, 6.07) is 5.84. The van der Waals surface area contributed by atoms with Gasteiger partial charge in [-0.25, -0.2) is 4.98 Å². The van der Waals surface area contributed by atoms with Gasteiger partial charge in [-0.1, -0.05) is 6.07 Å². The van der Waals surface area contributed by atoms with Crippen LogP contribution < -0.4 is 5.32 Å². The van der Waals surface area contributed by atoms with Crippen molar-refractivity contribution in [2.24, 2.45) is 0 Å². The Bertz CT molecular complexity index is 346. The predicted molar refractivity (Wildman–Crippen MR) is 61.8 cm³/mol. The number of rotatable bonds is 7. The summed E-state index contributed by atoms with van der Waals surface area (Å²) in [4.78, 5) is 4.00. The molecule has 0 atom stereocenters. The SMILES string of the molecule is CCOCCCNCc1cccnc1C#N. The topological polar surface area (TPSA) is 57.9 Å². The van der Waals surface area contributed by atoms with Crippen LogP contribution in [0.5, 0.6) is 0 Å². The first-order valence-electron chi connectivity index (χ1n) is 5.51. The number of nitrogens with one attached hydrogen (secondary N) is 1. The minimum atomic E-state index is 0.500. The average Bonchev–Trinajstić information content (AvgIpc) is 2.34. The molecule has 4 nitrogen and oxygen atoms in total. The number of pyridine rings is 1. The Morgan fingerprint density at radius 3 is 3.19 bits per heavy atom. The van der Waals surface area contributed by atoms with Gasteiger partial charge in [-0.2, -0.15) is 5.26 Å². The highest BCUT2D eigenvalue weighted by Gasteiger charge is 2.00. The van der Waals surface area contributed by atoms with Crippen LogP contribution in [0.2, 0.25) is 0 Å². The van der Waals surface area contributed by atoms with Crippen LogP contribution in [0.1, 0.15) is 24.6 Å². The highest BCUT2D eigenvalue weighted by atomic mass is 16.5. The van der Waals surface area contributed by atoms with Crippen molar-refractivity contribution in [3.05, 3.63) is 29.6 Å². The van der Waals surface area contributed by atoms with E-state index in [4.69, 9.17) is 10.00 Å². The molecule has 0 saturated carbocycles. The third-order valence-corrected chi connectivity index (χ3v) is 2.16. The molecule has 0 unspecified atom stereocenters.